The van der Waals surface area contributed by atoms with Gasteiger partial charge in [0.05, 0.1) is 0 Å². The summed E-state index contributed by atoms with van der Waals surface area (Å²) >= 11 is 0. The fraction of sp³-hybridized carbons (Fsp3) is 0.100. The lowest BCUT2D eigenvalue weighted by molar-refractivity contribution is -0.0415. The Bertz CT molecular complexity index is 513. The van der Waals surface area contributed by atoms with Crippen molar-refractivity contribution in [2.24, 2.45) is 0 Å². The van der Waals surface area contributed by atoms with E-state index in [0.29, 0.717) is 11.0 Å². The van der Waals surface area contributed by atoms with Crippen molar-refractivity contribution < 1.29 is 14.6 Å². The van der Waals surface area contributed by atoms with E-state index >= 15 is 0 Å². The van der Waals surface area contributed by atoms with Gasteiger partial charge in [-0.2, -0.15) is 0 Å². The normalized spacial score (nSPS) is 11.1. The van der Waals surface area contributed by atoms with Gasteiger partial charge in [0.15, 0.2) is 6.29 Å². The van der Waals surface area contributed by atoms with Crippen LogP contribution in [0, 0.1) is 0 Å². The molecule has 4 heteroatoms. The molecule has 2 rings (SSSR count). The highest BCUT2D eigenvalue weighted by atomic mass is 16.5. The lowest BCUT2D eigenvalue weighted by Gasteiger charge is -2.05. The van der Waals surface area contributed by atoms with E-state index in [9.17, 15) is 4.79 Å². The molecule has 0 atom stereocenters. The van der Waals surface area contributed by atoms with Crippen LogP contribution < -0.4 is 5.63 Å². The van der Waals surface area contributed by atoms with Gasteiger partial charge in [0.1, 0.15) is 5.58 Å². The Hall–Kier alpha value is -1.65. The standard InChI is InChI=1S/C10H8O4/c11-9-5-7(10(12)13)6-3-1-2-4-8(6)14-9/h1-5,10,12-13H. The summed E-state index contributed by atoms with van der Waals surface area (Å²) in [7, 11) is 0. The molecule has 72 valence electrons. The molecular weight excluding hydrogens is 184 g/mol. The summed E-state index contributed by atoms with van der Waals surface area (Å²) in [5.41, 5.74) is -0.0771. The Morgan fingerprint density at radius 3 is 2.64 bits per heavy atom. The van der Waals surface area contributed by atoms with Crippen LogP contribution in [0.5, 0.6) is 0 Å². The molecule has 2 aromatic rings. The van der Waals surface area contributed by atoms with E-state index < -0.39 is 11.9 Å². The van der Waals surface area contributed by atoms with Crippen molar-refractivity contribution in [1.82, 2.24) is 0 Å². The van der Waals surface area contributed by atoms with Crippen LogP contribution in [0.25, 0.3) is 11.0 Å². The largest absolute Gasteiger partial charge is 0.423 e. The first-order valence-electron chi connectivity index (χ1n) is 4.07. The number of hydrogen-bond donors (Lipinski definition) is 2. The summed E-state index contributed by atoms with van der Waals surface area (Å²) in [6, 6.07) is 7.77. The zero-order chi connectivity index (χ0) is 10.1. The van der Waals surface area contributed by atoms with Gasteiger partial charge in [-0.1, -0.05) is 18.2 Å². The van der Waals surface area contributed by atoms with Crippen molar-refractivity contribution in [1.29, 1.82) is 0 Å². The smallest absolute Gasteiger partial charge is 0.336 e. The molecule has 0 spiro atoms. The van der Waals surface area contributed by atoms with E-state index in [1.54, 1.807) is 24.3 Å². The summed E-state index contributed by atoms with van der Waals surface area (Å²) < 4.78 is 4.87. The molecule has 0 saturated carbocycles. The molecular formula is C10H8O4. The van der Waals surface area contributed by atoms with Gasteiger partial charge >= 0.3 is 5.63 Å². The summed E-state index contributed by atoms with van der Waals surface area (Å²) in [5, 5.41) is 18.6. The minimum Gasteiger partial charge on any atom is -0.423 e. The van der Waals surface area contributed by atoms with Gasteiger partial charge in [-0.25, -0.2) is 4.79 Å². The zero-order valence-electron chi connectivity index (χ0n) is 7.18. The molecule has 14 heavy (non-hydrogen) atoms. The molecule has 1 heterocycles. The van der Waals surface area contributed by atoms with Crippen molar-refractivity contribution in [2.45, 2.75) is 6.29 Å². The molecule has 4 nitrogen and oxygen atoms in total. The first-order valence-corrected chi connectivity index (χ1v) is 4.07. The second-order valence-electron chi connectivity index (χ2n) is 2.89. The van der Waals surface area contributed by atoms with Gasteiger partial charge in [0.2, 0.25) is 0 Å². The lowest BCUT2D eigenvalue weighted by Crippen LogP contribution is -2.04. The third kappa shape index (κ3) is 1.41. The summed E-state index contributed by atoms with van der Waals surface area (Å²) in [5.74, 6) is 0. The average molecular weight is 192 g/mol. The van der Waals surface area contributed by atoms with Crippen molar-refractivity contribution in [3.8, 4) is 0 Å². The van der Waals surface area contributed by atoms with Gasteiger partial charge < -0.3 is 14.6 Å². The molecule has 1 aromatic carbocycles. The highest BCUT2D eigenvalue weighted by Crippen LogP contribution is 2.20. The van der Waals surface area contributed by atoms with Crippen molar-refractivity contribution >= 4 is 11.0 Å². The predicted molar refractivity (Wildman–Crippen MR) is 49.7 cm³/mol. The van der Waals surface area contributed by atoms with Crippen LogP contribution in [0.4, 0.5) is 0 Å². The van der Waals surface area contributed by atoms with E-state index in [0.717, 1.165) is 6.07 Å². The van der Waals surface area contributed by atoms with Gasteiger partial charge in [-0.05, 0) is 6.07 Å². The Morgan fingerprint density at radius 2 is 1.93 bits per heavy atom. The van der Waals surface area contributed by atoms with Crippen molar-refractivity contribution in [2.75, 3.05) is 0 Å². The van der Waals surface area contributed by atoms with Crippen LogP contribution in [0.1, 0.15) is 11.9 Å². The molecule has 0 aliphatic heterocycles. The van der Waals surface area contributed by atoms with Crippen LogP contribution >= 0.6 is 0 Å². The molecule has 0 aliphatic carbocycles. The van der Waals surface area contributed by atoms with E-state index in [-0.39, 0.29) is 5.56 Å². The van der Waals surface area contributed by atoms with Gasteiger partial charge in [0, 0.05) is 17.0 Å². The van der Waals surface area contributed by atoms with E-state index in [1.165, 1.54) is 0 Å². The lowest BCUT2D eigenvalue weighted by atomic mass is 10.1. The molecule has 0 fully saturated rings. The fourth-order valence-corrected chi connectivity index (χ4v) is 1.35. The number of benzene rings is 1. The summed E-state index contributed by atoms with van der Waals surface area (Å²) in [6.45, 7) is 0. The third-order valence-corrected chi connectivity index (χ3v) is 1.96. The fourth-order valence-electron chi connectivity index (χ4n) is 1.35. The highest BCUT2D eigenvalue weighted by Gasteiger charge is 2.10. The van der Waals surface area contributed by atoms with E-state index in [1.807, 2.05) is 0 Å². The Morgan fingerprint density at radius 1 is 1.21 bits per heavy atom. The van der Waals surface area contributed by atoms with Crippen LogP contribution in [0.15, 0.2) is 39.5 Å². The molecule has 0 bridgehead atoms. The van der Waals surface area contributed by atoms with Gasteiger partial charge in [0.25, 0.3) is 0 Å². The van der Waals surface area contributed by atoms with E-state index in [4.69, 9.17) is 14.6 Å². The minimum atomic E-state index is -1.66. The van der Waals surface area contributed by atoms with Crippen molar-refractivity contribution in [3.63, 3.8) is 0 Å². The first-order chi connectivity index (χ1) is 6.68. The number of para-hydroxylation sites is 1. The monoisotopic (exact) mass is 192 g/mol. The highest BCUT2D eigenvalue weighted by molar-refractivity contribution is 5.80. The quantitative estimate of drug-likeness (QED) is 0.517. The Balaban J connectivity index is 2.87. The number of fused-ring (bicyclic) bond motifs is 1. The van der Waals surface area contributed by atoms with Crippen LogP contribution in [0.3, 0.4) is 0 Å². The SMILES string of the molecule is O=c1cc(C(O)O)c2ccccc2o1. The number of aliphatic hydroxyl groups is 2. The summed E-state index contributed by atoms with van der Waals surface area (Å²) in [4.78, 5) is 11.0. The maximum Gasteiger partial charge on any atom is 0.336 e. The van der Waals surface area contributed by atoms with Gasteiger partial charge in [-0.15, -0.1) is 0 Å². The molecule has 0 unspecified atom stereocenters. The Labute approximate surface area is 79.0 Å². The third-order valence-electron chi connectivity index (χ3n) is 1.96. The molecule has 2 N–H and O–H groups in total. The maximum absolute atomic E-state index is 11.0. The number of hydrogen-bond acceptors (Lipinski definition) is 4. The van der Waals surface area contributed by atoms with Crippen LogP contribution in [0.2, 0.25) is 0 Å². The average Bonchev–Trinajstić information content (AvgIpc) is 2.16. The first kappa shape index (κ1) is 8.93. The van der Waals surface area contributed by atoms with Crippen LogP contribution in [-0.4, -0.2) is 10.2 Å². The maximum atomic E-state index is 11.0. The van der Waals surface area contributed by atoms with Crippen LogP contribution in [-0.2, 0) is 0 Å². The second-order valence-corrected chi connectivity index (χ2v) is 2.89. The molecule has 1 aromatic heterocycles. The topological polar surface area (TPSA) is 70.7 Å². The zero-order valence-corrected chi connectivity index (χ0v) is 7.18. The Kier molecular flexibility index (Phi) is 2.07. The summed E-state index contributed by atoms with van der Waals surface area (Å²) in [6.07, 6.45) is -1.66. The molecule has 0 amide bonds. The van der Waals surface area contributed by atoms with Crippen molar-refractivity contribution in [3.05, 3.63) is 46.3 Å². The molecule has 0 saturated heterocycles. The predicted octanol–water partition coefficient (Wildman–Crippen LogP) is 0.776. The molecule has 0 radical (unpaired) electrons. The number of aliphatic hydroxyl groups excluding tert-OH is 1. The number of rotatable bonds is 1. The molecule has 0 aliphatic rings. The minimum absolute atomic E-state index is 0.164. The van der Waals surface area contributed by atoms with Gasteiger partial charge in [-0.3, -0.25) is 0 Å². The second kappa shape index (κ2) is 3.25. The van der Waals surface area contributed by atoms with E-state index in [2.05, 4.69) is 0 Å².